The molecule has 0 amide bonds. The molecular weight excluding hydrogens is 342 g/mol. The van der Waals surface area contributed by atoms with E-state index in [2.05, 4.69) is 9.82 Å². The molecule has 1 N–H and O–H groups in total. The Labute approximate surface area is 149 Å². The van der Waals surface area contributed by atoms with Crippen molar-refractivity contribution in [3.8, 4) is 11.5 Å². The average Bonchev–Trinajstić information content (AvgIpc) is 2.96. The van der Waals surface area contributed by atoms with E-state index in [1.165, 1.54) is 0 Å². The highest BCUT2D eigenvalue weighted by Crippen LogP contribution is 2.18. The van der Waals surface area contributed by atoms with Crippen LogP contribution >= 0.6 is 0 Å². The van der Waals surface area contributed by atoms with Crippen LogP contribution in [-0.2, 0) is 10.0 Å². The number of sulfonamides is 1. The molecular formula is C17H25N3O4S. The van der Waals surface area contributed by atoms with Gasteiger partial charge < -0.3 is 9.47 Å². The molecule has 0 spiro atoms. The molecule has 0 radical (unpaired) electrons. The number of nitrogens with one attached hydrogen (secondary N) is 1. The van der Waals surface area contributed by atoms with E-state index in [9.17, 15) is 8.42 Å². The first-order valence-corrected chi connectivity index (χ1v) is 9.56. The molecule has 8 heteroatoms. The third kappa shape index (κ3) is 4.96. The van der Waals surface area contributed by atoms with E-state index in [1.54, 1.807) is 56.1 Å². The number of nitrogens with zero attached hydrogens (tertiary/aromatic N) is 2. The predicted octanol–water partition coefficient (Wildman–Crippen LogP) is 2.53. The van der Waals surface area contributed by atoms with E-state index in [0.717, 1.165) is 5.75 Å². The van der Waals surface area contributed by atoms with Crippen molar-refractivity contribution >= 4 is 10.0 Å². The lowest BCUT2D eigenvalue weighted by atomic mass is 10.3. The molecule has 0 saturated carbocycles. The second-order valence-electron chi connectivity index (χ2n) is 6.16. The van der Waals surface area contributed by atoms with Crippen molar-refractivity contribution in [1.29, 1.82) is 0 Å². The molecule has 0 aliphatic carbocycles. The van der Waals surface area contributed by atoms with Crippen molar-refractivity contribution in [2.45, 2.75) is 44.7 Å². The van der Waals surface area contributed by atoms with Gasteiger partial charge in [-0.1, -0.05) is 0 Å². The van der Waals surface area contributed by atoms with Gasteiger partial charge in [-0.05, 0) is 52.0 Å². The number of hydrogen-bond acceptors (Lipinski definition) is 5. The van der Waals surface area contributed by atoms with E-state index < -0.39 is 16.1 Å². The largest absolute Gasteiger partial charge is 0.497 e. The molecule has 138 valence electrons. The second-order valence-corrected chi connectivity index (χ2v) is 7.84. The van der Waals surface area contributed by atoms with Gasteiger partial charge in [0.25, 0.3) is 0 Å². The highest BCUT2D eigenvalue weighted by molar-refractivity contribution is 7.89. The first kappa shape index (κ1) is 19.3. The number of benzene rings is 1. The fourth-order valence-corrected chi connectivity index (χ4v) is 3.65. The van der Waals surface area contributed by atoms with Crippen LogP contribution in [0.1, 0.15) is 32.5 Å². The minimum atomic E-state index is -3.65. The molecule has 25 heavy (non-hydrogen) atoms. The number of aryl methyl sites for hydroxylation is 1. The molecule has 2 aromatic rings. The van der Waals surface area contributed by atoms with Crippen molar-refractivity contribution < 1.29 is 17.9 Å². The van der Waals surface area contributed by atoms with Gasteiger partial charge in [-0.3, -0.25) is 4.68 Å². The van der Waals surface area contributed by atoms with Crippen LogP contribution in [0.25, 0.3) is 0 Å². The molecule has 0 unspecified atom stereocenters. The Kier molecular flexibility index (Phi) is 6.07. The molecule has 7 nitrogen and oxygen atoms in total. The Morgan fingerprint density at radius 1 is 1.16 bits per heavy atom. The molecule has 1 atom stereocenters. The van der Waals surface area contributed by atoms with Crippen LogP contribution in [0.4, 0.5) is 0 Å². The van der Waals surface area contributed by atoms with E-state index in [1.807, 2.05) is 13.8 Å². The third-order valence-electron chi connectivity index (χ3n) is 3.61. The van der Waals surface area contributed by atoms with Gasteiger partial charge >= 0.3 is 0 Å². The smallest absolute Gasteiger partial charge is 0.244 e. The lowest BCUT2D eigenvalue weighted by molar-refractivity contribution is 0.287. The van der Waals surface area contributed by atoms with Gasteiger partial charge in [0.2, 0.25) is 10.0 Å². The molecule has 0 saturated heterocycles. The quantitative estimate of drug-likeness (QED) is 0.775. The first-order chi connectivity index (χ1) is 11.7. The molecule has 0 bridgehead atoms. The summed E-state index contributed by atoms with van der Waals surface area (Å²) in [5, 5.41) is 4.25. The van der Waals surface area contributed by atoms with E-state index in [0.29, 0.717) is 11.4 Å². The topological polar surface area (TPSA) is 82.5 Å². The number of methoxy groups -OCH3 is 1. The van der Waals surface area contributed by atoms with Gasteiger partial charge in [0.1, 0.15) is 23.0 Å². The van der Waals surface area contributed by atoms with E-state index >= 15 is 0 Å². The molecule has 0 aliphatic rings. The average molecular weight is 367 g/mol. The van der Waals surface area contributed by atoms with Crippen LogP contribution in [0.5, 0.6) is 11.5 Å². The Balaban J connectivity index is 1.99. The Morgan fingerprint density at radius 3 is 2.28 bits per heavy atom. The molecule has 1 heterocycles. The molecule has 0 fully saturated rings. The summed E-state index contributed by atoms with van der Waals surface area (Å²) in [5.41, 5.74) is 0.476. The summed E-state index contributed by atoms with van der Waals surface area (Å²) in [5.74, 6) is 1.38. The second kappa shape index (κ2) is 7.88. The normalized spacial score (nSPS) is 13.0. The Hall–Kier alpha value is -2.06. The maximum atomic E-state index is 12.6. The van der Waals surface area contributed by atoms with Crippen LogP contribution in [0, 0.1) is 6.92 Å². The van der Waals surface area contributed by atoms with Crippen molar-refractivity contribution in [3.63, 3.8) is 0 Å². The highest BCUT2D eigenvalue weighted by Gasteiger charge is 2.23. The summed E-state index contributed by atoms with van der Waals surface area (Å²) in [7, 11) is -2.06. The Morgan fingerprint density at radius 2 is 1.76 bits per heavy atom. The monoisotopic (exact) mass is 367 g/mol. The fraction of sp³-hybridized carbons (Fsp3) is 0.471. The number of aromatic nitrogens is 2. The van der Waals surface area contributed by atoms with Crippen LogP contribution in [0.2, 0.25) is 0 Å². The van der Waals surface area contributed by atoms with Crippen LogP contribution < -0.4 is 14.2 Å². The zero-order valence-electron chi connectivity index (χ0n) is 15.2. The lowest BCUT2D eigenvalue weighted by Gasteiger charge is -2.15. The van der Waals surface area contributed by atoms with Crippen molar-refractivity contribution in [2.24, 2.45) is 0 Å². The van der Waals surface area contributed by atoms with Crippen LogP contribution in [0.3, 0.4) is 0 Å². The van der Waals surface area contributed by atoms with Gasteiger partial charge in [0.15, 0.2) is 0 Å². The molecule has 1 aromatic heterocycles. The minimum Gasteiger partial charge on any atom is -0.497 e. The summed E-state index contributed by atoms with van der Waals surface area (Å²) >= 11 is 0. The van der Waals surface area contributed by atoms with Gasteiger partial charge in [-0.15, -0.1) is 0 Å². The van der Waals surface area contributed by atoms with Crippen molar-refractivity contribution in [1.82, 2.24) is 14.5 Å². The zero-order valence-corrected chi connectivity index (χ0v) is 16.0. The van der Waals surface area contributed by atoms with E-state index in [-0.39, 0.29) is 17.5 Å². The zero-order chi connectivity index (χ0) is 18.6. The highest BCUT2D eigenvalue weighted by atomic mass is 32.2. The Bertz CT molecular complexity index is 798. The van der Waals surface area contributed by atoms with Gasteiger partial charge in [-0.25, -0.2) is 13.1 Å². The van der Waals surface area contributed by atoms with Crippen LogP contribution in [0.15, 0.2) is 35.4 Å². The molecule has 1 aromatic carbocycles. The van der Waals surface area contributed by atoms with Crippen molar-refractivity contribution in [3.05, 3.63) is 36.2 Å². The number of hydrogen-bond donors (Lipinski definition) is 1. The summed E-state index contributed by atoms with van der Waals surface area (Å²) in [6.45, 7) is 7.54. The SMILES string of the molecule is COc1ccc(OC[C@H](C)NS(=O)(=O)c2cn(C(C)C)nc2C)cc1. The van der Waals surface area contributed by atoms with Gasteiger partial charge in [0, 0.05) is 12.2 Å². The predicted molar refractivity (Wildman–Crippen MR) is 95.6 cm³/mol. The summed E-state index contributed by atoms with van der Waals surface area (Å²) in [6, 6.07) is 6.82. The summed E-state index contributed by atoms with van der Waals surface area (Å²) < 4.78 is 40.1. The van der Waals surface area contributed by atoms with Gasteiger partial charge in [0.05, 0.1) is 18.8 Å². The van der Waals surface area contributed by atoms with Crippen LogP contribution in [-0.4, -0.2) is 38.0 Å². The minimum absolute atomic E-state index is 0.0958. The maximum absolute atomic E-state index is 12.6. The standard InChI is InChI=1S/C17H25N3O4S/c1-12(2)20-10-17(14(4)18-20)25(21,22)19-13(3)11-24-16-8-6-15(23-5)7-9-16/h6-10,12-13,19H,11H2,1-5H3/t13-/m0/s1. The maximum Gasteiger partial charge on any atom is 0.244 e. The third-order valence-corrected chi connectivity index (χ3v) is 5.30. The van der Waals surface area contributed by atoms with E-state index in [4.69, 9.17) is 9.47 Å². The lowest BCUT2D eigenvalue weighted by Crippen LogP contribution is -2.36. The summed E-state index contributed by atoms with van der Waals surface area (Å²) in [6.07, 6.45) is 1.55. The fourth-order valence-electron chi connectivity index (χ4n) is 2.25. The number of ether oxygens (including phenoxy) is 2. The summed E-state index contributed by atoms with van der Waals surface area (Å²) in [4.78, 5) is 0.192. The first-order valence-electron chi connectivity index (χ1n) is 8.08. The van der Waals surface area contributed by atoms with Gasteiger partial charge in [-0.2, -0.15) is 5.10 Å². The number of rotatable bonds is 8. The molecule has 2 rings (SSSR count). The molecule has 0 aliphatic heterocycles. The van der Waals surface area contributed by atoms with Crippen molar-refractivity contribution in [2.75, 3.05) is 13.7 Å².